The summed E-state index contributed by atoms with van der Waals surface area (Å²) in [7, 11) is 0. The van der Waals surface area contributed by atoms with E-state index in [9.17, 15) is 4.79 Å². The molecule has 0 spiro atoms. The highest BCUT2D eigenvalue weighted by Crippen LogP contribution is 2.70. The third kappa shape index (κ3) is 2.25. The molecule has 1 fully saturated rings. The van der Waals surface area contributed by atoms with Crippen LogP contribution in [0.5, 0.6) is 5.75 Å². The maximum Gasteiger partial charge on any atom is 0.324 e. The minimum absolute atomic E-state index is 0.208. The van der Waals surface area contributed by atoms with Gasteiger partial charge in [-0.15, -0.1) is 0 Å². The van der Waals surface area contributed by atoms with Gasteiger partial charge in [0.15, 0.2) is 0 Å². The van der Waals surface area contributed by atoms with Crippen molar-refractivity contribution < 1.29 is 9.53 Å². The molecule has 1 saturated carbocycles. The summed E-state index contributed by atoms with van der Waals surface area (Å²) in [4.78, 5) is 23.8. The lowest BCUT2D eigenvalue weighted by atomic mass is 9.64. The number of ether oxygens (including phenoxy) is 1. The zero-order valence-corrected chi connectivity index (χ0v) is 18.3. The Bertz CT molecular complexity index is 1170. The van der Waals surface area contributed by atoms with Gasteiger partial charge >= 0.3 is 5.97 Å². The van der Waals surface area contributed by atoms with Crippen molar-refractivity contribution in [2.45, 2.75) is 64.2 Å². The maximum atomic E-state index is 13.8. The molecule has 4 heteroatoms. The molecule has 0 N–H and O–H groups in total. The van der Waals surface area contributed by atoms with Crippen LogP contribution in [-0.4, -0.2) is 15.9 Å². The van der Waals surface area contributed by atoms with Crippen LogP contribution in [0.3, 0.4) is 0 Å². The zero-order valence-electron chi connectivity index (χ0n) is 18.3. The maximum absolute atomic E-state index is 13.8. The molecule has 154 valence electrons. The molecule has 30 heavy (non-hydrogen) atoms. The summed E-state index contributed by atoms with van der Waals surface area (Å²) in [5.41, 5.74) is 3.38. The van der Waals surface area contributed by atoms with Gasteiger partial charge in [0.2, 0.25) is 0 Å². The third-order valence-electron chi connectivity index (χ3n) is 8.05. The van der Waals surface area contributed by atoms with Gasteiger partial charge in [-0.2, -0.15) is 0 Å². The van der Waals surface area contributed by atoms with Crippen molar-refractivity contribution in [3.63, 3.8) is 0 Å². The Labute approximate surface area is 177 Å². The van der Waals surface area contributed by atoms with Gasteiger partial charge in [-0.25, -0.2) is 9.97 Å². The molecule has 0 aliphatic heterocycles. The van der Waals surface area contributed by atoms with Gasteiger partial charge in [0.05, 0.1) is 22.4 Å². The number of esters is 1. The van der Waals surface area contributed by atoms with E-state index in [-0.39, 0.29) is 16.8 Å². The first kappa shape index (κ1) is 19.2. The molecule has 2 bridgehead atoms. The third-order valence-corrected chi connectivity index (χ3v) is 8.05. The molecule has 1 heterocycles. The van der Waals surface area contributed by atoms with Crippen LogP contribution in [0, 0.1) is 5.41 Å². The molecule has 2 aromatic carbocycles. The van der Waals surface area contributed by atoms with E-state index in [2.05, 4.69) is 34.6 Å². The average Bonchev–Trinajstić information content (AvgIpc) is 3.02. The standard InChI is InChI=1S/C26H28N2O2/c1-16(2)17-10-12-18(13-11-17)30-23(29)26-15-14-25(5,24(26,3)4)21-22(26)28-20-9-7-6-8-19(20)27-21/h6-13,16H,14-15H2,1-5H3. The van der Waals surface area contributed by atoms with Crippen molar-refractivity contribution in [2.75, 3.05) is 0 Å². The Morgan fingerprint density at radius 2 is 1.50 bits per heavy atom. The Morgan fingerprint density at radius 3 is 2.10 bits per heavy atom. The smallest absolute Gasteiger partial charge is 0.324 e. The SMILES string of the molecule is CC(C)c1ccc(OC(=O)C23CCC(C)(c4nc5ccccc5nc42)C3(C)C)cc1. The monoisotopic (exact) mass is 400 g/mol. The fourth-order valence-electron chi connectivity index (χ4n) is 5.61. The zero-order chi connectivity index (χ0) is 21.3. The van der Waals surface area contributed by atoms with Crippen LogP contribution in [-0.2, 0) is 15.6 Å². The van der Waals surface area contributed by atoms with E-state index in [4.69, 9.17) is 14.7 Å². The van der Waals surface area contributed by atoms with Crippen LogP contribution in [0.15, 0.2) is 48.5 Å². The number of hydrogen-bond donors (Lipinski definition) is 0. The molecule has 0 saturated heterocycles. The Morgan fingerprint density at radius 1 is 0.900 bits per heavy atom. The van der Waals surface area contributed by atoms with Crippen molar-refractivity contribution in [3.05, 3.63) is 65.5 Å². The van der Waals surface area contributed by atoms with Gasteiger partial charge in [-0.05, 0) is 54.0 Å². The van der Waals surface area contributed by atoms with E-state index < -0.39 is 5.41 Å². The second-order valence-electron chi connectivity index (χ2n) is 9.89. The summed E-state index contributed by atoms with van der Waals surface area (Å²) in [6.07, 6.45) is 1.64. The van der Waals surface area contributed by atoms with Crippen LogP contribution in [0.1, 0.15) is 70.3 Å². The molecule has 3 aromatic rings. The molecule has 2 atom stereocenters. The summed E-state index contributed by atoms with van der Waals surface area (Å²) < 4.78 is 6.00. The van der Waals surface area contributed by atoms with Gasteiger partial charge < -0.3 is 4.74 Å². The fourth-order valence-corrected chi connectivity index (χ4v) is 5.61. The molecular weight excluding hydrogens is 372 g/mol. The molecular formula is C26H28N2O2. The van der Waals surface area contributed by atoms with Crippen LogP contribution < -0.4 is 4.74 Å². The normalized spacial score (nSPS) is 26.2. The predicted octanol–water partition coefficient (Wildman–Crippen LogP) is 5.69. The van der Waals surface area contributed by atoms with E-state index in [1.54, 1.807) is 0 Å². The number of carbonyl (C=O) groups is 1. The summed E-state index contributed by atoms with van der Waals surface area (Å²) >= 11 is 0. The quantitative estimate of drug-likeness (QED) is 0.419. The molecule has 5 rings (SSSR count). The van der Waals surface area contributed by atoms with Crippen molar-refractivity contribution in [1.29, 1.82) is 0 Å². The van der Waals surface area contributed by atoms with Crippen molar-refractivity contribution in [2.24, 2.45) is 5.41 Å². The number of fused-ring (bicyclic) bond motifs is 6. The van der Waals surface area contributed by atoms with Crippen LogP contribution in [0.4, 0.5) is 0 Å². The predicted molar refractivity (Wildman–Crippen MR) is 118 cm³/mol. The number of aromatic nitrogens is 2. The fraction of sp³-hybridized carbons (Fsp3) is 0.423. The van der Waals surface area contributed by atoms with Gasteiger partial charge in [0.1, 0.15) is 11.2 Å². The van der Waals surface area contributed by atoms with Crippen LogP contribution in [0.25, 0.3) is 11.0 Å². The first-order chi connectivity index (χ1) is 14.2. The van der Waals surface area contributed by atoms with E-state index >= 15 is 0 Å². The number of para-hydroxylation sites is 2. The highest BCUT2D eigenvalue weighted by molar-refractivity contribution is 5.90. The van der Waals surface area contributed by atoms with Crippen molar-refractivity contribution in [1.82, 2.24) is 9.97 Å². The molecule has 2 aliphatic rings. The van der Waals surface area contributed by atoms with Crippen molar-refractivity contribution in [3.8, 4) is 5.75 Å². The summed E-state index contributed by atoms with van der Waals surface area (Å²) in [6, 6.07) is 15.8. The summed E-state index contributed by atoms with van der Waals surface area (Å²) in [5, 5.41) is 0. The molecule has 4 nitrogen and oxygen atoms in total. The Hall–Kier alpha value is -2.75. The number of carbonyl (C=O) groups excluding carboxylic acids is 1. The van der Waals surface area contributed by atoms with E-state index in [1.807, 2.05) is 48.5 Å². The Kier molecular flexibility index (Phi) is 3.93. The molecule has 0 radical (unpaired) electrons. The van der Waals surface area contributed by atoms with Crippen molar-refractivity contribution >= 4 is 17.0 Å². The van der Waals surface area contributed by atoms with Gasteiger partial charge in [0, 0.05) is 5.41 Å². The second-order valence-corrected chi connectivity index (χ2v) is 9.89. The largest absolute Gasteiger partial charge is 0.426 e. The molecule has 1 aromatic heterocycles. The summed E-state index contributed by atoms with van der Waals surface area (Å²) in [6.45, 7) is 10.9. The minimum Gasteiger partial charge on any atom is -0.426 e. The Balaban J connectivity index is 1.62. The number of benzene rings is 2. The van der Waals surface area contributed by atoms with E-state index in [1.165, 1.54) is 5.56 Å². The van der Waals surface area contributed by atoms with Crippen LogP contribution in [0.2, 0.25) is 0 Å². The molecule has 0 amide bonds. The topological polar surface area (TPSA) is 52.1 Å². The average molecular weight is 401 g/mol. The second kappa shape index (κ2) is 6.13. The summed E-state index contributed by atoms with van der Waals surface area (Å²) in [5.74, 6) is 0.815. The number of hydrogen-bond acceptors (Lipinski definition) is 4. The lowest BCUT2D eigenvalue weighted by Crippen LogP contribution is -2.48. The minimum atomic E-state index is -0.787. The lowest BCUT2D eigenvalue weighted by Gasteiger charge is -2.38. The number of nitrogens with zero attached hydrogens (tertiary/aromatic N) is 2. The first-order valence-corrected chi connectivity index (χ1v) is 10.8. The van der Waals surface area contributed by atoms with Gasteiger partial charge in [-0.3, -0.25) is 4.79 Å². The molecule has 2 unspecified atom stereocenters. The van der Waals surface area contributed by atoms with Gasteiger partial charge in [-0.1, -0.05) is 58.9 Å². The van der Waals surface area contributed by atoms with Crippen LogP contribution >= 0.6 is 0 Å². The lowest BCUT2D eigenvalue weighted by molar-refractivity contribution is -0.145. The van der Waals surface area contributed by atoms with E-state index in [0.717, 1.165) is 35.3 Å². The highest BCUT2D eigenvalue weighted by Gasteiger charge is 2.74. The first-order valence-electron chi connectivity index (χ1n) is 10.8. The van der Waals surface area contributed by atoms with Gasteiger partial charge in [0.25, 0.3) is 0 Å². The highest BCUT2D eigenvalue weighted by atomic mass is 16.5. The van der Waals surface area contributed by atoms with E-state index in [0.29, 0.717) is 11.7 Å². The number of rotatable bonds is 3. The molecule has 2 aliphatic carbocycles.